The Bertz CT molecular complexity index is 368. The second-order valence-corrected chi connectivity index (χ2v) is 2.43. The van der Waals surface area contributed by atoms with Crippen LogP contribution in [-0.2, 0) is 0 Å². The molecule has 1 aromatic heterocycles. The summed E-state index contributed by atoms with van der Waals surface area (Å²) in [5, 5.41) is 12.7. The average Bonchev–Trinajstić information content (AvgIpc) is 2.56. The molecule has 1 aromatic carbocycles. The molecule has 0 fully saturated rings. The van der Waals surface area contributed by atoms with E-state index >= 15 is 0 Å². The van der Waals surface area contributed by atoms with Gasteiger partial charge in [0.15, 0.2) is 5.76 Å². The summed E-state index contributed by atoms with van der Waals surface area (Å²) in [6.45, 7) is 0. The Balaban J connectivity index is 2.48. The van der Waals surface area contributed by atoms with E-state index in [1.165, 1.54) is 0 Å². The lowest BCUT2D eigenvalue weighted by atomic mass is 10.2. The predicted octanol–water partition coefficient (Wildman–Crippen LogP) is 2.05. The monoisotopic (exact) mass is 161 g/mol. The highest BCUT2D eigenvalue weighted by atomic mass is 16.5. The minimum absolute atomic E-state index is 0.226. The number of phenols is 1. The second kappa shape index (κ2) is 2.70. The fourth-order valence-electron chi connectivity index (χ4n) is 1.02. The Hall–Kier alpha value is -1.77. The van der Waals surface area contributed by atoms with E-state index < -0.39 is 0 Å². The molecule has 0 bridgehead atoms. The quantitative estimate of drug-likeness (QED) is 0.696. The van der Waals surface area contributed by atoms with Crippen molar-refractivity contribution < 1.29 is 9.63 Å². The van der Waals surface area contributed by atoms with E-state index in [9.17, 15) is 0 Å². The molecule has 12 heavy (non-hydrogen) atoms. The van der Waals surface area contributed by atoms with Gasteiger partial charge in [0.2, 0.25) is 0 Å². The molecule has 60 valence electrons. The van der Waals surface area contributed by atoms with Gasteiger partial charge in [-0.3, -0.25) is 0 Å². The summed E-state index contributed by atoms with van der Waals surface area (Å²) in [6.07, 6.45) is 1.57. The third-order valence-electron chi connectivity index (χ3n) is 1.57. The Kier molecular flexibility index (Phi) is 1.55. The number of benzene rings is 1. The summed E-state index contributed by atoms with van der Waals surface area (Å²) < 4.78 is 4.91. The van der Waals surface area contributed by atoms with Crippen LogP contribution in [-0.4, -0.2) is 10.3 Å². The second-order valence-electron chi connectivity index (χ2n) is 2.43. The van der Waals surface area contributed by atoms with Gasteiger partial charge in [-0.2, -0.15) is 0 Å². The molecule has 0 saturated heterocycles. The van der Waals surface area contributed by atoms with Crippen molar-refractivity contribution in [3.8, 4) is 17.1 Å². The van der Waals surface area contributed by atoms with Gasteiger partial charge in [0.05, 0.1) is 6.20 Å². The molecule has 3 heteroatoms. The maximum Gasteiger partial charge on any atom is 0.166 e. The zero-order chi connectivity index (χ0) is 8.39. The minimum atomic E-state index is 0.226. The van der Waals surface area contributed by atoms with Crippen molar-refractivity contribution in [3.05, 3.63) is 36.5 Å². The maximum absolute atomic E-state index is 9.15. The first-order valence-electron chi connectivity index (χ1n) is 3.56. The predicted molar refractivity (Wildman–Crippen MR) is 43.6 cm³/mol. The van der Waals surface area contributed by atoms with Crippen LogP contribution in [0, 0.1) is 0 Å². The number of aromatic nitrogens is 1. The molecular formula is C9H7NO2. The van der Waals surface area contributed by atoms with E-state index in [0.29, 0.717) is 5.76 Å². The topological polar surface area (TPSA) is 46.3 Å². The van der Waals surface area contributed by atoms with E-state index in [0.717, 1.165) is 5.56 Å². The highest BCUT2D eigenvalue weighted by Gasteiger charge is 2.00. The lowest BCUT2D eigenvalue weighted by Gasteiger charge is -1.94. The lowest BCUT2D eigenvalue weighted by molar-refractivity contribution is 0.431. The molecule has 1 heterocycles. The smallest absolute Gasteiger partial charge is 0.166 e. The molecular weight excluding hydrogens is 154 g/mol. The zero-order valence-corrected chi connectivity index (χ0v) is 6.27. The first-order valence-corrected chi connectivity index (χ1v) is 3.56. The summed E-state index contributed by atoms with van der Waals surface area (Å²) in [7, 11) is 0. The van der Waals surface area contributed by atoms with Crippen LogP contribution >= 0.6 is 0 Å². The Morgan fingerprint density at radius 1 is 1.25 bits per heavy atom. The first-order chi connectivity index (χ1) is 5.86. The van der Waals surface area contributed by atoms with E-state index in [2.05, 4.69) is 5.16 Å². The van der Waals surface area contributed by atoms with Crippen LogP contribution in [0.25, 0.3) is 11.3 Å². The molecule has 0 spiro atoms. The van der Waals surface area contributed by atoms with Gasteiger partial charge in [-0.1, -0.05) is 17.3 Å². The number of phenolic OH excluding ortho intramolecular Hbond substituents is 1. The van der Waals surface area contributed by atoms with Crippen molar-refractivity contribution in [2.45, 2.75) is 0 Å². The van der Waals surface area contributed by atoms with Gasteiger partial charge < -0.3 is 9.63 Å². The molecule has 0 aliphatic carbocycles. The van der Waals surface area contributed by atoms with Crippen molar-refractivity contribution in [1.29, 1.82) is 0 Å². The SMILES string of the molecule is Oc1cccc(-c2ccno2)c1. The average molecular weight is 161 g/mol. The molecule has 0 unspecified atom stereocenters. The molecule has 0 aliphatic rings. The van der Waals surface area contributed by atoms with Crippen molar-refractivity contribution in [2.24, 2.45) is 0 Å². The van der Waals surface area contributed by atoms with E-state index in [-0.39, 0.29) is 5.75 Å². The van der Waals surface area contributed by atoms with Gasteiger partial charge in [0.25, 0.3) is 0 Å². The van der Waals surface area contributed by atoms with E-state index in [4.69, 9.17) is 9.63 Å². The van der Waals surface area contributed by atoms with Gasteiger partial charge in [-0.15, -0.1) is 0 Å². The standard InChI is InChI=1S/C9H7NO2/c11-8-3-1-2-7(6-8)9-4-5-10-12-9/h1-6,11H. The Morgan fingerprint density at radius 3 is 2.83 bits per heavy atom. The molecule has 0 amide bonds. The number of nitrogens with zero attached hydrogens (tertiary/aromatic N) is 1. The van der Waals surface area contributed by atoms with Crippen LogP contribution < -0.4 is 0 Å². The molecule has 3 nitrogen and oxygen atoms in total. The van der Waals surface area contributed by atoms with Crippen LogP contribution in [0.3, 0.4) is 0 Å². The summed E-state index contributed by atoms with van der Waals surface area (Å²) in [4.78, 5) is 0. The van der Waals surface area contributed by atoms with Crippen molar-refractivity contribution >= 4 is 0 Å². The number of hydrogen-bond acceptors (Lipinski definition) is 3. The van der Waals surface area contributed by atoms with Crippen LogP contribution in [0.5, 0.6) is 5.75 Å². The Labute approximate surface area is 69.2 Å². The molecule has 0 atom stereocenters. The normalized spacial score (nSPS) is 10.0. The van der Waals surface area contributed by atoms with Crippen LogP contribution in [0.1, 0.15) is 0 Å². The minimum Gasteiger partial charge on any atom is -0.508 e. The summed E-state index contributed by atoms with van der Waals surface area (Å²) in [5.74, 6) is 0.884. The van der Waals surface area contributed by atoms with Gasteiger partial charge in [-0.25, -0.2) is 0 Å². The first kappa shape index (κ1) is 6.91. The molecule has 0 radical (unpaired) electrons. The summed E-state index contributed by atoms with van der Waals surface area (Å²) in [5.41, 5.74) is 0.826. The number of rotatable bonds is 1. The lowest BCUT2D eigenvalue weighted by Crippen LogP contribution is -1.71. The number of aromatic hydroxyl groups is 1. The molecule has 0 saturated carbocycles. The van der Waals surface area contributed by atoms with Crippen LogP contribution in [0.4, 0.5) is 0 Å². The molecule has 0 aliphatic heterocycles. The fraction of sp³-hybridized carbons (Fsp3) is 0. The Morgan fingerprint density at radius 2 is 2.17 bits per heavy atom. The number of hydrogen-bond donors (Lipinski definition) is 1. The highest BCUT2D eigenvalue weighted by Crippen LogP contribution is 2.21. The van der Waals surface area contributed by atoms with Crippen molar-refractivity contribution in [1.82, 2.24) is 5.16 Å². The third kappa shape index (κ3) is 1.16. The van der Waals surface area contributed by atoms with Gasteiger partial charge in [0.1, 0.15) is 5.75 Å². The largest absolute Gasteiger partial charge is 0.508 e. The molecule has 1 N–H and O–H groups in total. The fourth-order valence-corrected chi connectivity index (χ4v) is 1.02. The van der Waals surface area contributed by atoms with Gasteiger partial charge in [0, 0.05) is 11.6 Å². The zero-order valence-electron chi connectivity index (χ0n) is 6.27. The summed E-state index contributed by atoms with van der Waals surface area (Å²) >= 11 is 0. The third-order valence-corrected chi connectivity index (χ3v) is 1.57. The van der Waals surface area contributed by atoms with E-state index in [1.54, 1.807) is 30.5 Å². The maximum atomic E-state index is 9.15. The van der Waals surface area contributed by atoms with Crippen LogP contribution in [0.2, 0.25) is 0 Å². The van der Waals surface area contributed by atoms with E-state index in [1.807, 2.05) is 6.07 Å². The van der Waals surface area contributed by atoms with Crippen molar-refractivity contribution in [3.63, 3.8) is 0 Å². The summed E-state index contributed by atoms with van der Waals surface area (Å²) in [6, 6.07) is 8.59. The van der Waals surface area contributed by atoms with Gasteiger partial charge >= 0.3 is 0 Å². The van der Waals surface area contributed by atoms with Gasteiger partial charge in [-0.05, 0) is 12.1 Å². The van der Waals surface area contributed by atoms with Crippen LogP contribution in [0.15, 0.2) is 41.1 Å². The molecule has 2 rings (SSSR count). The molecule has 2 aromatic rings. The van der Waals surface area contributed by atoms with Crippen molar-refractivity contribution in [2.75, 3.05) is 0 Å². The highest BCUT2D eigenvalue weighted by molar-refractivity contribution is 5.58.